The second kappa shape index (κ2) is 3.47. The molecule has 0 aromatic carbocycles. The van der Waals surface area contributed by atoms with Crippen LogP contribution in [0.15, 0.2) is 0 Å². The lowest BCUT2D eigenvalue weighted by atomic mass is 9.58. The van der Waals surface area contributed by atoms with E-state index in [-0.39, 0.29) is 5.92 Å². The van der Waals surface area contributed by atoms with Crippen molar-refractivity contribution in [1.82, 2.24) is 0 Å². The van der Waals surface area contributed by atoms with Gasteiger partial charge in [0.05, 0.1) is 0 Å². The van der Waals surface area contributed by atoms with Gasteiger partial charge in [-0.2, -0.15) is 0 Å². The smallest absolute Gasteiger partial charge is 0.0465 e. The number of aliphatic carboxylic acids is 2. The standard InChI is InChI=1S/C10H13BrO4/c11-10-3-1-5(2-4-10)6(8(12)13)7(10)9(14)15/h5-7H,1-4H2,(H,12,13)(H,14,15)/p-2/t5?,6-,7-,10?/m0/s1. The molecule has 0 aromatic rings. The Morgan fingerprint density at radius 1 is 1.13 bits per heavy atom. The Balaban J connectivity index is 2.37. The summed E-state index contributed by atoms with van der Waals surface area (Å²) in [4.78, 5) is 22.0. The van der Waals surface area contributed by atoms with E-state index in [1.165, 1.54) is 0 Å². The molecule has 4 nitrogen and oxygen atoms in total. The molecule has 3 aliphatic carbocycles. The number of carbonyl (C=O) groups excluding carboxylic acids is 2. The summed E-state index contributed by atoms with van der Waals surface area (Å²) in [5, 5.41) is 22.0. The molecule has 15 heavy (non-hydrogen) atoms. The predicted molar refractivity (Wildman–Crippen MR) is 50.6 cm³/mol. The molecule has 0 saturated heterocycles. The molecule has 0 aromatic heterocycles. The number of hydrogen-bond donors (Lipinski definition) is 0. The molecule has 0 aliphatic heterocycles. The first-order valence-corrected chi connectivity index (χ1v) is 5.85. The number of hydrogen-bond acceptors (Lipinski definition) is 4. The molecule has 2 atom stereocenters. The van der Waals surface area contributed by atoms with Crippen LogP contribution in [0.25, 0.3) is 0 Å². The fourth-order valence-corrected chi connectivity index (χ4v) is 4.00. The van der Waals surface area contributed by atoms with E-state index in [0.717, 1.165) is 12.8 Å². The van der Waals surface area contributed by atoms with Crippen molar-refractivity contribution in [2.24, 2.45) is 17.8 Å². The maximum atomic E-state index is 11.0. The van der Waals surface area contributed by atoms with Crippen LogP contribution in [-0.2, 0) is 9.59 Å². The van der Waals surface area contributed by atoms with Crippen molar-refractivity contribution < 1.29 is 19.8 Å². The Kier molecular flexibility index (Phi) is 2.53. The van der Waals surface area contributed by atoms with Gasteiger partial charge in [0, 0.05) is 28.1 Å². The fourth-order valence-electron chi connectivity index (χ4n) is 3.07. The third kappa shape index (κ3) is 1.57. The minimum Gasteiger partial charge on any atom is -0.550 e. The number of halogens is 1. The van der Waals surface area contributed by atoms with Crippen LogP contribution in [0, 0.1) is 17.8 Å². The maximum Gasteiger partial charge on any atom is 0.0465 e. The highest BCUT2D eigenvalue weighted by molar-refractivity contribution is 9.10. The summed E-state index contributed by atoms with van der Waals surface area (Å²) in [5.74, 6) is -4.42. The molecule has 2 bridgehead atoms. The second-order valence-electron chi connectivity index (χ2n) is 4.51. The molecular formula is C10H11BrO4-2. The van der Waals surface area contributed by atoms with Crippen LogP contribution in [0.5, 0.6) is 0 Å². The van der Waals surface area contributed by atoms with E-state index in [1.54, 1.807) is 0 Å². The SMILES string of the molecule is O=C([O-])[C@@H]1[C@@H](C(=O)[O-])C2CCC1(Br)CC2. The third-order valence-electron chi connectivity index (χ3n) is 3.81. The third-order valence-corrected chi connectivity index (χ3v) is 5.10. The van der Waals surface area contributed by atoms with Gasteiger partial charge in [-0.1, -0.05) is 15.9 Å². The number of alkyl halides is 1. The maximum absolute atomic E-state index is 11.0. The Labute approximate surface area is 95.8 Å². The summed E-state index contributed by atoms with van der Waals surface area (Å²) < 4.78 is -0.592. The van der Waals surface area contributed by atoms with Crippen LogP contribution in [0.1, 0.15) is 25.7 Å². The average Bonchev–Trinajstić information content (AvgIpc) is 2.16. The first-order chi connectivity index (χ1) is 6.96. The van der Waals surface area contributed by atoms with E-state index in [1.807, 2.05) is 0 Å². The summed E-state index contributed by atoms with van der Waals surface area (Å²) in [5.41, 5.74) is 0. The van der Waals surface area contributed by atoms with E-state index < -0.39 is 28.1 Å². The van der Waals surface area contributed by atoms with Crippen LogP contribution in [-0.4, -0.2) is 16.3 Å². The summed E-state index contributed by atoms with van der Waals surface area (Å²) >= 11 is 3.40. The topological polar surface area (TPSA) is 80.3 Å². The van der Waals surface area contributed by atoms with E-state index in [0.29, 0.717) is 12.8 Å². The van der Waals surface area contributed by atoms with Crippen LogP contribution in [0.4, 0.5) is 0 Å². The average molecular weight is 275 g/mol. The van der Waals surface area contributed by atoms with Gasteiger partial charge >= 0.3 is 0 Å². The van der Waals surface area contributed by atoms with Gasteiger partial charge in [-0.25, -0.2) is 0 Å². The van der Waals surface area contributed by atoms with Crippen molar-refractivity contribution in [3.8, 4) is 0 Å². The van der Waals surface area contributed by atoms with Gasteiger partial charge in [-0.15, -0.1) is 0 Å². The Bertz CT molecular complexity index is 307. The molecule has 84 valence electrons. The summed E-state index contributed by atoms with van der Waals surface area (Å²) in [7, 11) is 0. The van der Waals surface area contributed by atoms with Crippen molar-refractivity contribution in [2.45, 2.75) is 30.0 Å². The summed E-state index contributed by atoms with van der Waals surface area (Å²) in [6.07, 6.45) is 2.93. The Hall–Kier alpha value is -0.580. The van der Waals surface area contributed by atoms with Crippen molar-refractivity contribution in [2.75, 3.05) is 0 Å². The van der Waals surface area contributed by atoms with Gasteiger partial charge < -0.3 is 19.8 Å². The zero-order valence-corrected chi connectivity index (χ0v) is 9.66. The molecule has 0 N–H and O–H groups in total. The van der Waals surface area contributed by atoms with Gasteiger partial charge in [0.25, 0.3) is 0 Å². The molecule has 3 saturated carbocycles. The van der Waals surface area contributed by atoms with Crippen LogP contribution < -0.4 is 10.2 Å². The zero-order valence-electron chi connectivity index (χ0n) is 8.07. The van der Waals surface area contributed by atoms with Gasteiger partial charge in [0.15, 0.2) is 0 Å². The molecule has 0 radical (unpaired) electrons. The van der Waals surface area contributed by atoms with Crippen molar-refractivity contribution in [1.29, 1.82) is 0 Å². The minimum atomic E-state index is -1.27. The van der Waals surface area contributed by atoms with E-state index in [9.17, 15) is 19.8 Å². The van der Waals surface area contributed by atoms with Crippen LogP contribution >= 0.6 is 15.9 Å². The van der Waals surface area contributed by atoms with Crippen molar-refractivity contribution in [3.63, 3.8) is 0 Å². The van der Waals surface area contributed by atoms with Gasteiger partial charge in [-0.05, 0) is 31.6 Å². The van der Waals surface area contributed by atoms with Gasteiger partial charge in [0.1, 0.15) is 0 Å². The molecule has 5 heteroatoms. The molecule has 0 amide bonds. The fraction of sp³-hybridized carbons (Fsp3) is 0.800. The number of rotatable bonds is 2. The first-order valence-electron chi connectivity index (χ1n) is 5.06. The van der Waals surface area contributed by atoms with Crippen molar-refractivity contribution in [3.05, 3.63) is 0 Å². The highest BCUT2D eigenvalue weighted by Gasteiger charge is 2.52. The lowest BCUT2D eigenvalue weighted by Gasteiger charge is -2.54. The number of carbonyl (C=O) groups is 2. The van der Waals surface area contributed by atoms with E-state index in [4.69, 9.17) is 0 Å². The normalized spacial score (nSPS) is 43.9. The number of fused-ring (bicyclic) bond motifs is 3. The predicted octanol–water partition coefficient (Wildman–Crippen LogP) is -0.944. The summed E-state index contributed by atoms with van der Waals surface area (Å²) in [6.45, 7) is 0. The summed E-state index contributed by atoms with van der Waals surface area (Å²) in [6, 6.07) is 0. The molecule has 3 aliphatic rings. The zero-order chi connectivity index (χ0) is 11.2. The number of carboxylic acid groups (broad SMARTS) is 2. The highest BCUT2D eigenvalue weighted by atomic mass is 79.9. The Morgan fingerprint density at radius 3 is 2.00 bits per heavy atom. The molecule has 0 heterocycles. The minimum absolute atomic E-state index is 0.0580. The lowest BCUT2D eigenvalue weighted by Crippen LogP contribution is -2.60. The monoisotopic (exact) mass is 274 g/mol. The van der Waals surface area contributed by atoms with E-state index in [2.05, 4.69) is 15.9 Å². The molecule has 0 unspecified atom stereocenters. The van der Waals surface area contributed by atoms with E-state index >= 15 is 0 Å². The Morgan fingerprint density at radius 2 is 1.67 bits per heavy atom. The quantitative estimate of drug-likeness (QED) is 0.609. The van der Waals surface area contributed by atoms with Crippen LogP contribution in [0.2, 0.25) is 0 Å². The largest absolute Gasteiger partial charge is 0.550 e. The highest BCUT2D eigenvalue weighted by Crippen LogP contribution is 2.55. The molecule has 3 rings (SSSR count). The lowest BCUT2D eigenvalue weighted by molar-refractivity contribution is -0.333. The van der Waals surface area contributed by atoms with Crippen LogP contribution in [0.3, 0.4) is 0 Å². The second-order valence-corrected chi connectivity index (χ2v) is 6.09. The molecular weight excluding hydrogens is 264 g/mol. The van der Waals surface area contributed by atoms with Gasteiger partial charge in [-0.3, -0.25) is 0 Å². The first kappa shape index (κ1) is 10.9. The number of carboxylic acids is 2. The van der Waals surface area contributed by atoms with Crippen molar-refractivity contribution >= 4 is 27.9 Å². The molecule has 0 spiro atoms. The van der Waals surface area contributed by atoms with Gasteiger partial charge in [0.2, 0.25) is 0 Å². The molecule has 3 fully saturated rings.